The first kappa shape index (κ1) is 30.1. The first-order chi connectivity index (χ1) is 18.1. The minimum absolute atomic E-state index is 0.120. The molecular weight excluding hydrogens is 530 g/mol. The Labute approximate surface area is 225 Å². The van der Waals surface area contributed by atoms with Crippen molar-refractivity contribution >= 4 is 41.8 Å². The van der Waals surface area contributed by atoms with Crippen molar-refractivity contribution in [1.29, 1.82) is 0 Å². The maximum Gasteiger partial charge on any atom is 0.474 e. The zero-order chi connectivity index (χ0) is 27.9. The molecule has 3 rings (SSSR count). The SMILES string of the molecule is CCOP(=O)(OCC)OCCCCc1c(F)ccc2c1C(CC(=O)O)=C(C)C2=Cc1ccc(S(C)=O)cc1. The quantitative estimate of drug-likeness (QED) is 0.197. The minimum Gasteiger partial charge on any atom is -0.481 e. The van der Waals surface area contributed by atoms with Crippen molar-refractivity contribution in [3.63, 3.8) is 0 Å². The van der Waals surface area contributed by atoms with Crippen molar-refractivity contribution in [2.24, 2.45) is 0 Å². The van der Waals surface area contributed by atoms with Gasteiger partial charge in [-0.2, -0.15) is 0 Å². The molecule has 1 aliphatic carbocycles. The van der Waals surface area contributed by atoms with Crippen molar-refractivity contribution in [3.8, 4) is 0 Å². The summed E-state index contributed by atoms with van der Waals surface area (Å²) in [5.74, 6) is -1.39. The molecule has 1 atom stereocenters. The molecule has 0 radical (unpaired) electrons. The Hall–Kier alpha value is -2.42. The van der Waals surface area contributed by atoms with Gasteiger partial charge in [0.15, 0.2) is 0 Å². The van der Waals surface area contributed by atoms with Gasteiger partial charge >= 0.3 is 13.8 Å². The average molecular weight is 565 g/mol. The number of fused-ring (bicyclic) bond motifs is 1. The number of unbranched alkanes of at least 4 members (excludes halogenated alkanes) is 1. The normalized spacial score (nSPS) is 15.2. The molecule has 2 aromatic rings. The van der Waals surface area contributed by atoms with Crippen LogP contribution in [0.1, 0.15) is 62.3 Å². The summed E-state index contributed by atoms with van der Waals surface area (Å²) in [4.78, 5) is 12.4. The van der Waals surface area contributed by atoms with E-state index < -0.39 is 30.4 Å². The van der Waals surface area contributed by atoms with Gasteiger partial charge in [0.1, 0.15) is 5.82 Å². The fraction of sp³-hybridized carbons (Fsp3) is 0.393. The molecule has 0 fully saturated rings. The standard InChI is InChI=1S/C28H34FO7PS/c1-5-34-37(32,35-6-2)36-16-8-7-9-23-26(29)15-14-22-24(19(3)25(28(22)23)18-27(30)31)17-20-10-12-21(13-11-20)38(4)33/h10-15,17H,5-9,16,18H2,1-4H3,(H,30,31). The molecular formula is C28H34FO7PS. The predicted molar refractivity (Wildman–Crippen MR) is 148 cm³/mol. The summed E-state index contributed by atoms with van der Waals surface area (Å²) in [6.45, 7) is 5.75. The molecule has 0 spiro atoms. The van der Waals surface area contributed by atoms with E-state index >= 15 is 4.39 Å². The zero-order valence-corrected chi connectivity index (χ0v) is 23.8. The first-order valence-corrected chi connectivity index (χ1v) is 15.5. The number of phosphoric acid groups is 1. The smallest absolute Gasteiger partial charge is 0.474 e. The van der Waals surface area contributed by atoms with Crippen molar-refractivity contribution in [2.75, 3.05) is 26.1 Å². The van der Waals surface area contributed by atoms with Crippen LogP contribution in [0.3, 0.4) is 0 Å². The van der Waals surface area contributed by atoms with E-state index in [9.17, 15) is 18.7 Å². The molecule has 1 N–H and O–H groups in total. The number of aliphatic carboxylic acids is 1. The molecule has 206 valence electrons. The van der Waals surface area contributed by atoms with Gasteiger partial charge in [-0.3, -0.25) is 22.6 Å². The predicted octanol–water partition coefficient (Wildman–Crippen LogP) is 6.89. The molecule has 1 unspecified atom stereocenters. The molecule has 0 bridgehead atoms. The van der Waals surface area contributed by atoms with Crippen LogP contribution in [-0.2, 0) is 40.2 Å². The van der Waals surface area contributed by atoms with Crippen molar-refractivity contribution in [1.82, 2.24) is 0 Å². The fourth-order valence-electron chi connectivity index (χ4n) is 4.48. The van der Waals surface area contributed by atoms with Crippen LogP contribution >= 0.6 is 7.82 Å². The van der Waals surface area contributed by atoms with Gasteiger partial charge in [0, 0.05) is 22.0 Å². The van der Waals surface area contributed by atoms with Crippen molar-refractivity contribution < 1.29 is 36.6 Å². The van der Waals surface area contributed by atoms with Gasteiger partial charge in [0.25, 0.3) is 0 Å². The zero-order valence-electron chi connectivity index (χ0n) is 22.1. The first-order valence-electron chi connectivity index (χ1n) is 12.5. The summed E-state index contributed by atoms with van der Waals surface area (Å²) in [5.41, 5.74) is 4.94. The number of carboxylic acid groups (broad SMARTS) is 1. The molecule has 2 aromatic carbocycles. The van der Waals surface area contributed by atoms with Crippen LogP contribution < -0.4 is 0 Å². The second-order valence-electron chi connectivity index (χ2n) is 8.78. The Morgan fingerprint density at radius 2 is 1.71 bits per heavy atom. The van der Waals surface area contributed by atoms with Crippen LogP contribution in [-0.4, -0.2) is 41.4 Å². The number of hydrogen-bond acceptors (Lipinski definition) is 6. The number of benzene rings is 2. The lowest BCUT2D eigenvalue weighted by Gasteiger charge is -2.16. The largest absolute Gasteiger partial charge is 0.481 e. The maximum atomic E-state index is 15.1. The Kier molecular flexibility index (Phi) is 10.8. The molecule has 0 saturated carbocycles. The van der Waals surface area contributed by atoms with E-state index in [4.69, 9.17) is 13.6 Å². The van der Waals surface area contributed by atoms with E-state index in [0.29, 0.717) is 40.9 Å². The van der Waals surface area contributed by atoms with Gasteiger partial charge in [-0.25, -0.2) is 8.96 Å². The number of phosphoric ester groups is 1. The summed E-state index contributed by atoms with van der Waals surface area (Å²) >= 11 is 0. The molecule has 0 aromatic heterocycles. The van der Waals surface area contributed by atoms with E-state index in [2.05, 4.69) is 0 Å². The Bertz CT molecular complexity index is 1290. The third-order valence-electron chi connectivity index (χ3n) is 6.20. The Morgan fingerprint density at radius 1 is 1.05 bits per heavy atom. The second kappa shape index (κ2) is 13.6. The van der Waals surface area contributed by atoms with Crippen molar-refractivity contribution in [3.05, 3.63) is 70.0 Å². The number of carboxylic acids is 1. The molecule has 38 heavy (non-hydrogen) atoms. The lowest BCUT2D eigenvalue weighted by molar-refractivity contribution is -0.135. The Balaban J connectivity index is 1.87. The number of rotatable bonds is 14. The van der Waals surface area contributed by atoms with Gasteiger partial charge in [-0.15, -0.1) is 0 Å². The van der Waals surface area contributed by atoms with E-state index in [-0.39, 0.29) is 26.2 Å². The summed E-state index contributed by atoms with van der Waals surface area (Å²) in [7, 11) is -4.70. The molecule has 7 nitrogen and oxygen atoms in total. The topological polar surface area (TPSA) is 99.1 Å². The lowest BCUT2D eigenvalue weighted by Crippen LogP contribution is -2.04. The fourth-order valence-corrected chi connectivity index (χ4v) is 6.20. The van der Waals surface area contributed by atoms with Crippen LogP contribution in [0.5, 0.6) is 0 Å². The van der Waals surface area contributed by atoms with E-state index in [1.807, 2.05) is 25.1 Å². The Morgan fingerprint density at radius 3 is 2.29 bits per heavy atom. The molecule has 10 heteroatoms. The highest BCUT2D eigenvalue weighted by Gasteiger charge is 2.29. The van der Waals surface area contributed by atoms with E-state index in [1.165, 1.54) is 6.07 Å². The second-order valence-corrected chi connectivity index (χ2v) is 11.8. The number of allylic oxidation sites excluding steroid dienone is 2. The van der Waals surface area contributed by atoms with E-state index in [0.717, 1.165) is 22.3 Å². The lowest BCUT2D eigenvalue weighted by atomic mass is 9.92. The molecule has 1 aliphatic rings. The van der Waals surface area contributed by atoms with Gasteiger partial charge < -0.3 is 5.11 Å². The minimum atomic E-state index is -3.61. The summed E-state index contributed by atoms with van der Waals surface area (Å²) in [6.07, 6.45) is 4.70. The monoisotopic (exact) mass is 564 g/mol. The summed E-state index contributed by atoms with van der Waals surface area (Å²) < 4.78 is 54.9. The van der Waals surface area contributed by atoms with Crippen molar-refractivity contribution in [2.45, 2.75) is 51.3 Å². The van der Waals surface area contributed by atoms with E-state index in [1.54, 1.807) is 38.3 Å². The molecule has 0 saturated heterocycles. The van der Waals surface area contributed by atoms with Gasteiger partial charge in [0.2, 0.25) is 0 Å². The molecule has 0 heterocycles. The highest BCUT2D eigenvalue weighted by atomic mass is 32.2. The third-order valence-corrected chi connectivity index (χ3v) is 8.78. The number of hydrogen-bond donors (Lipinski definition) is 1. The van der Waals surface area contributed by atoms with Gasteiger partial charge in [-0.05, 0) is 103 Å². The maximum absolute atomic E-state index is 15.1. The third kappa shape index (κ3) is 7.36. The summed E-state index contributed by atoms with van der Waals surface area (Å²) in [6, 6.07) is 10.4. The van der Waals surface area contributed by atoms with Crippen LogP contribution in [0.4, 0.5) is 4.39 Å². The van der Waals surface area contributed by atoms with Crippen LogP contribution in [0.2, 0.25) is 0 Å². The average Bonchev–Trinajstić information content (AvgIpc) is 3.11. The molecule has 0 amide bonds. The van der Waals surface area contributed by atoms with Crippen LogP contribution in [0.25, 0.3) is 17.2 Å². The highest BCUT2D eigenvalue weighted by Crippen LogP contribution is 2.49. The summed E-state index contributed by atoms with van der Waals surface area (Å²) in [5, 5.41) is 9.60. The van der Waals surface area contributed by atoms with Crippen LogP contribution in [0.15, 0.2) is 46.9 Å². The highest BCUT2D eigenvalue weighted by molar-refractivity contribution is 7.84. The molecule has 0 aliphatic heterocycles. The number of carbonyl (C=O) groups is 1. The number of halogens is 1. The van der Waals surface area contributed by atoms with Gasteiger partial charge in [-0.1, -0.05) is 18.2 Å². The van der Waals surface area contributed by atoms with Crippen LogP contribution in [0, 0.1) is 5.82 Å². The van der Waals surface area contributed by atoms with Gasteiger partial charge in [0.05, 0.1) is 26.2 Å².